The van der Waals surface area contributed by atoms with Gasteiger partial charge in [-0.3, -0.25) is 9.59 Å². The number of carbonyl (C=O) groups is 2. The van der Waals surface area contributed by atoms with Crippen LogP contribution >= 0.6 is 0 Å². The fourth-order valence-electron chi connectivity index (χ4n) is 11.5. The second kappa shape index (κ2) is 66.4. The van der Waals surface area contributed by atoms with Crippen LogP contribution in [0.25, 0.3) is 0 Å². The monoisotopic (exact) mass is 1070 g/mol. The molecule has 3 N–H and O–H groups in total. The van der Waals surface area contributed by atoms with Gasteiger partial charge in [-0.1, -0.05) is 373 Å². The predicted molar refractivity (Wildman–Crippen MR) is 334 cm³/mol. The molecule has 0 radical (unpaired) electrons. The van der Waals surface area contributed by atoms with Gasteiger partial charge in [0.05, 0.1) is 25.4 Å². The highest BCUT2D eigenvalue weighted by Crippen LogP contribution is 2.20. The third-order valence-corrected chi connectivity index (χ3v) is 16.9. The minimum absolute atomic E-state index is 0.0236. The maximum absolute atomic E-state index is 12.5. The summed E-state index contributed by atoms with van der Waals surface area (Å²) in [5, 5.41) is 23.3. The van der Waals surface area contributed by atoms with Crippen molar-refractivity contribution in [3.8, 4) is 0 Å². The Morgan fingerprint density at radius 2 is 0.539 bits per heavy atom. The average Bonchev–Trinajstić information content (AvgIpc) is 3.42. The van der Waals surface area contributed by atoms with Crippen molar-refractivity contribution in [3.63, 3.8) is 0 Å². The molecule has 0 bridgehead atoms. The van der Waals surface area contributed by atoms with Crippen molar-refractivity contribution in [1.82, 2.24) is 5.32 Å². The van der Waals surface area contributed by atoms with Crippen molar-refractivity contribution in [2.75, 3.05) is 13.2 Å². The molecule has 76 heavy (non-hydrogen) atoms. The van der Waals surface area contributed by atoms with Crippen molar-refractivity contribution in [2.24, 2.45) is 0 Å². The summed E-state index contributed by atoms with van der Waals surface area (Å²) < 4.78 is 5.50. The summed E-state index contributed by atoms with van der Waals surface area (Å²) in [5.74, 6) is -0.00406. The van der Waals surface area contributed by atoms with Crippen LogP contribution in [0.2, 0.25) is 0 Å². The van der Waals surface area contributed by atoms with Crippen molar-refractivity contribution in [1.29, 1.82) is 0 Å². The molecule has 0 heterocycles. The van der Waals surface area contributed by atoms with E-state index in [-0.39, 0.29) is 18.5 Å². The number of esters is 1. The largest absolute Gasteiger partial charge is 0.466 e. The molecule has 0 aromatic heterocycles. The summed E-state index contributed by atoms with van der Waals surface area (Å²) in [5.41, 5.74) is 0. The molecular formula is C70H139NO5. The lowest BCUT2D eigenvalue weighted by Gasteiger charge is -2.22. The fourth-order valence-corrected chi connectivity index (χ4v) is 11.5. The van der Waals surface area contributed by atoms with Crippen molar-refractivity contribution in [3.05, 3.63) is 0 Å². The zero-order valence-electron chi connectivity index (χ0n) is 52.0. The normalized spacial score (nSPS) is 12.4. The fraction of sp³-hybridized carbons (Fsp3) is 0.971. The maximum atomic E-state index is 12.5. The molecule has 0 fully saturated rings. The summed E-state index contributed by atoms with van der Waals surface area (Å²) in [7, 11) is 0. The number of unbranched alkanes of at least 4 members (excludes halogenated alkanes) is 56. The van der Waals surface area contributed by atoms with Crippen LogP contribution in [-0.4, -0.2) is 47.4 Å². The summed E-state index contributed by atoms with van der Waals surface area (Å²) in [6, 6.07) is -0.537. The molecule has 2 atom stereocenters. The van der Waals surface area contributed by atoms with Crippen LogP contribution in [0.3, 0.4) is 0 Å². The molecule has 1 amide bonds. The van der Waals surface area contributed by atoms with Crippen molar-refractivity contribution in [2.45, 2.75) is 424 Å². The number of amides is 1. The van der Waals surface area contributed by atoms with Crippen molar-refractivity contribution < 1.29 is 24.5 Å². The third-order valence-electron chi connectivity index (χ3n) is 16.9. The van der Waals surface area contributed by atoms with E-state index in [0.29, 0.717) is 25.9 Å². The number of rotatable bonds is 67. The Morgan fingerprint density at radius 1 is 0.316 bits per heavy atom. The number of aliphatic hydroxyl groups is 2. The number of hydrogen-bond acceptors (Lipinski definition) is 5. The molecular weight excluding hydrogens is 935 g/mol. The number of nitrogens with one attached hydrogen (secondary N) is 1. The first-order chi connectivity index (χ1) is 37.5. The molecule has 6 heteroatoms. The Morgan fingerprint density at radius 3 is 0.803 bits per heavy atom. The average molecular weight is 1070 g/mol. The van der Waals surface area contributed by atoms with Gasteiger partial charge in [-0.05, 0) is 25.7 Å². The Kier molecular flexibility index (Phi) is 65.4. The molecule has 6 nitrogen and oxygen atoms in total. The SMILES string of the molecule is CCCCCCCCCCCCCCCCCC(=O)OCCCCCCCCCCCCCCCCCCCCCCCCCCCCCCCC(=O)NC(CO)C(O)CCCCCCCCCCCCCCCCC. The van der Waals surface area contributed by atoms with Gasteiger partial charge >= 0.3 is 5.97 Å². The first kappa shape index (κ1) is 74.9. The summed E-state index contributed by atoms with van der Waals surface area (Å²) in [6.45, 7) is 5.00. The lowest BCUT2D eigenvalue weighted by atomic mass is 10.0. The zero-order valence-corrected chi connectivity index (χ0v) is 52.0. The lowest BCUT2D eigenvalue weighted by Crippen LogP contribution is -2.45. The number of aliphatic hydroxyl groups excluding tert-OH is 2. The maximum Gasteiger partial charge on any atom is 0.305 e. The van der Waals surface area contributed by atoms with Crippen molar-refractivity contribution >= 4 is 11.9 Å². The molecule has 2 unspecified atom stereocenters. The highest BCUT2D eigenvalue weighted by molar-refractivity contribution is 5.76. The number of carbonyl (C=O) groups excluding carboxylic acids is 2. The van der Waals surface area contributed by atoms with Gasteiger partial charge in [-0.2, -0.15) is 0 Å². The Bertz CT molecular complexity index is 1100. The molecule has 0 aliphatic rings. The van der Waals surface area contributed by atoms with E-state index >= 15 is 0 Å². The molecule has 0 aromatic carbocycles. The van der Waals surface area contributed by atoms with Gasteiger partial charge < -0.3 is 20.3 Å². The minimum atomic E-state index is -0.660. The summed E-state index contributed by atoms with van der Waals surface area (Å²) in [6.07, 6.45) is 80.1. The molecule has 454 valence electrons. The standard InChI is InChI=1S/C70H139NO5/c1-3-5-7-9-11-13-15-17-34-38-42-46-50-54-58-62-68(73)67(66-72)71-69(74)63-59-55-51-47-43-39-36-32-30-28-26-24-22-20-19-21-23-25-27-29-31-33-37-41-45-49-53-57-61-65-76-70(75)64-60-56-52-48-44-40-35-18-16-14-12-10-8-6-4-2/h67-68,72-73H,3-66H2,1-2H3,(H,71,74). The highest BCUT2D eigenvalue weighted by atomic mass is 16.5. The van der Waals surface area contributed by atoms with Gasteiger partial charge in [-0.15, -0.1) is 0 Å². The molecule has 0 aliphatic heterocycles. The van der Waals surface area contributed by atoms with Gasteiger partial charge in [0.2, 0.25) is 5.91 Å². The van der Waals surface area contributed by atoms with Gasteiger partial charge in [0.25, 0.3) is 0 Å². The van der Waals surface area contributed by atoms with E-state index in [1.807, 2.05) is 0 Å². The van der Waals surface area contributed by atoms with Crippen LogP contribution in [0.15, 0.2) is 0 Å². The van der Waals surface area contributed by atoms with E-state index in [9.17, 15) is 19.8 Å². The lowest BCUT2D eigenvalue weighted by molar-refractivity contribution is -0.143. The molecule has 0 saturated heterocycles. The van der Waals surface area contributed by atoms with Crippen LogP contribution in [0.5, 0.6) is 0 Å². The third kappa shape index (κ3) is 62.1. The molecule has 0 aromatic rings. The van der Waals surface area contributed by atoms with Gasteiger partial charge in [0.1, 0.15) is 0 Å². The van der Waals surface area contributed by atoms with E-state index in [1.54, 1.807) is 0 Å². The van der Waals surface area contributed by atoms with Crippen LogP contribution in [0.4, 0.5) is 0 Å². The quantitative estimate of drug-likeness (QED) is 0.0417. The van der Waals surface area contributed by atoms with E-state index in [2.05, 4.69) is 19.2 Å². The summed E-state index contributed by atoms with van der Waals surface area (Å²) in [4.78, 5) is 24.6. The number of ether oxygens (including phenoxy) is 1. The van der Waals surface area contributed by atoms with Crippen LogP contribution in [-0.2, 0) is 14.3 Å². The smallest absolute Gasteiger partial charge is 0.305 e. The second-order valence-corrected chi connectivity index (χ2v) is 24.6. The molecule has 0 aliphatic carbocycles. The van der Waals surface area contributed by atoms with E-state index in [1.165, 1.54) is 340 Å². The molecule has 0 saturated carbocycles. The molecule has 0 rings (SSSR count). The first-order valence-corrected chi connectivity index (χ1v) is 35.3. The van der Waals surface area contributed by atoms with E-state index in [4.69, 9.17) is 4.74 Å². The first-order valence-electron chi connectivity index (χ1n) is 35.3. The second-order valence-electron chi connectivity index (χ2n) is 24.6. The topological polar surface area (TPSA) is 95.9 Å². The van der Waals surface area contributed by atoms with Gasteiger partial charge in [0, 0.05) is 12.8 Å². The van der Waals surface area contributed by atoms with Gasteiger partial charge in [-0.25, -0.2) is 0 Å². The van der Waals surface area contributed by atoms with Crippen LogP contribution < -0.4 is 5.32 Å². The minimum Gasteiger partial charge on any atom is -0.466 e. The van der Waals surface area contributed by atoms with Gasteiger partial charge in [0.15, 0.2) is 0 Å². The Balaban J connectivity index is 3.31. The number of hydrogen-bond donors (Lipinski definition) is 3. The predicted octanol–water partition coefficient (Wildman–Crippen LogP) is 22.6. The zero-order chi connectivity index (χ0) is 55.0. The van der Waals surface area contributed by atoms with Crippen LogP contribution in [0, 0.1) is 0 Å². The van der Waals surface area contributed by atoms with E-state index in [0.717, 1.165) is 38.5 Å². The van der Waals surface area contributed by atoms with Crippen LogP contribution in [0.1, 0.15) is 412 Å². The Hall–Kier alpha value is -1.14. The molecule has 0 spiro atoms. The Labute approximate surface area is 476 Å². The van der Waals surface area contributed by atoms with E-state index < -0.39 is 12.1 Å². The summed E-state index contributed by atoms with van der Waals surface area (Å²) >= 11 is 0. The highest BCUT2D eigenvalue weighted by Gasteiger charge is 2.20.